The Kier molecular flexibility index (Phi) is 3.28. The van der Waals surface area contributed by atoms with Gasteiger partial charge in [0.05, 0.1) is 6.17 Å². The minimum absolute atomic E-state index is 0.0603. The number of nitrogens with one attached hydrogen (secondary N) is 1. The Morgan fingerprint density at radius 1 is 1.40 bits per heavy atom. The molecule has 1 atom stereocenters. The minimum atomic E-state index is -0.0603. The first kappa shape index (κ1) is 10.5. The van der Waals surface area contributed by atoms with Crippen LogP contribution in [0.4, 0.5) is 0 Å². The lowest BCUT2D eigenvalue weighted by atomic mass is 10.1. The molecule has 0 saturated carbocycles. The van der Waals surface area contributed by atoms with E-state index in [1.165, 1.54) is 5.56 Å². The molecule has 0 aliphatic carbocycles. The zero-order chi connectivity index (χ0) is 10.7. The van der Waals surface area contributed by atoms with Crippen LogP contribution in [-0.4, -0.2) is 28.5 Å². The van der Waals surface area contributed by atoms with Gasteiger partial charge < -0.3 is 10.6 Å². The molecule has 0 spiro atoms. The Morgan fingerprint density at radius 3 is 2.73 bits per heavy atom. The van der Waals surface area contributed by atoms with Crippen LogP contribution in [0.1, 0.15) is 5.56 Å². The summed E-state index contributed by atoms with van der Waals surface area (Å²) in [6, 6.07) is 10.2. The predicted molar refractivity (Wildman–Crippen MR) is 65.0 cm³/mol. The van der Waals surface area contributed by atoms with Crippen LogP contribution in [0.25, 0.3) is 0 Å². The molecule has 1 aromatic rings. The summed E-state index contributed by atoms with van der Waals surface area (Å²) in [5.41, 5.74) is 7.30. The summed E-state index contributed by atoms with van der Waals surface area (Å²) in [4.78, 5) is 1.97. The SMILES string of the molecule is N=C1SCCN1C(N)Cc1ccccc1. The number of hydrogen-bond acceptors (Lipinski definition) is 3. The molecule has 1 aromatic carbocycles. The second-order valence-corrected chi connectivity index (χ2v) is 4.69. The van der Waals surface area contributed by atoms with Crippen LogP contribution in [0.15, 0.2) is 30.3 Å². The molecule has 0 radical (unpaired) electrons. The van der Waals surface area contributed by atoms with Gasteiger partial charge in [0, 0.05) is 18.7 Å². The first-order chi connectivity index (χ1) is 7.27. The fourth-order valence-electron chi connectivity index (χ4n) is 1.71. The van der Waals surface area contributed by atoms with Gasteiger partial charge in [-0.25, -0.2) is 0 Å². The van der Waals surface area contributed by atoms with Crippen LogP contribution in [0.2, 0.25) is 0 Å². The molecule has 80 valence electrons. The summed E-state index contributed by atoms with van der Waals surface area (Å²) in [6.45, 7) is 0.900. The molecule has 1 aliphatic heterocycles. The van der Waals surface area contributed by atoms with Gasteiger partial charge in [-0.15, -0.1) is 0 Å². The summed E-state index contributed by atoms with van der Waals surface area (Å²) < 4.78 is 0. The Hall–Kier alpha value is -1.00. The van der Waals surface area contributed by atoms with Gasteiger partial charge >= 0.3 is 0 Å². The second-order valence-electron chi connectivity index (χ2n) is 3.60. The van der Waals surface area contributed by atoms with E-state index in [-0.39, 0.29) is 6.17 Å². The lowest BCUT2D eigenvalue weighted by Crippen LogP contribution is -2.43. The molecule has 0 aromatic heterocycles. The molecule has 2 rings (SSSR count). The Labute approximate surface area is 94.2 Å². The molecule has 1 unspecified atom stereocenters. The zero-order valence-electron chi connectivity index (χ0n) is 8.52. The van der Waals surface area contributed by atoms with Gasteiger partial charge in [-0.05, 0) is 5.56 Å². The predicted octanol–water partition coefficient (Wildman–Crippen LogP) is 1.50. The van der Waals surface area contributed by atoms with Crippen molar-refractivity contribution in [3.63, 3.8) is 0 Å². The van der Waals surface area contributed by atoms with E-state index in [2.05, 4.69) is 12.1 Å². The quantitative estimate of drug-likeness (QED) is 0.813. The fraction of sp³-hybridized carbons (Fsp3) is 0.364. The second kappa shape index (κ2) is 4.68. The highest BCUT2D eigenvalue weighted by Gasteiger charge is 2.23. The van der Waals surface area contributed by atoms with Crippen molar-refractivity contribution in [1.82, 2.24) is 4.90 Å². The van der Waals surface area contributed by atoms with Crippen LogP contribution < -0.4 is 5.73 Å². The fourth-order valence-corrected chi connectivity index (χ4v) is 2.58. The summed E-state index contributed by atoms with van der Waals surface area (Å²) in [7, 11) is 0. The number of rotatable bonds is 3. The molecular weight excluding hydrogens is 206 g/mol. The summed E-state index contributed by atoms with van der Waals surface area (Å²) in [5.74, 6) is 0.987. The van der Waals surface area contributed by atoms with Crippen LogP contribution >= 0.6 is 11.8 Å². The summed E-state index contributed by atoms with van der Waals surface area (Å²) in [5, 5.41) is 8.32. The Morgan fingerprint density at radius 2 is 2.13 bits per heavy atom. The smallest absolute Gasteiger partial charge is 0.157 e. The molecule has 3 N–H and O–H groups in total. The molecule has 1 saturated heterocycles. The van der Waals surface area contributed by atoms with E-state index in [0.717, 1.165) is 18.7 Å². The van der Waals surface area contributed by atoms with Crippen molar-refractivity contribution in [1.29, 1.82) is 5.41 Å². The third-order valence-corrected chi connectivity index (χ3v) is 3.41. The molecule has 0 amide bonds. The van der Waals surface area contributed by atoms with E-state index in [1.807, 2.05) is 23.1 Å². The van der Waals surface area contributed by atoms with Gasteiger partial charge in [0.15, 0.2) is 5.17 Å². The molecule has 1 aliphatic rings. The molecule has 1 heterocycles. The van der Waals surface area contributed by atoms with Crippen molar-refractivity contribution in [3.8, 4) is 0 Å². The van der Waals surface area contributed by atoms with Gasteiger partial charge in [0.25, 0.3) is 0 Å². The number of nitrogens with two attached hydrogens (primary N) is 1. The van der Waals surface area contributed by atoms with E-state index in [4.69, 9.17) is 11.1 Å². The van der Waals surface area contributed by atoms with Gasteiger partial charge in [-0.3, -0.25) is 5.41 Å². The van der Waals surface area contributed by atoms with E-state index in [9.17, 15) is 0 Å². The molecule has 0 bridgehead atoms. The Bertz CT molecular complexity index is 339. The average molecular weight is 221 g/mol. The van der Waals surface area contributed by atoms with E-state index < -0.39 is 0 Å². The highest BCUT2D eigenvalue weighted by molar-refractivity contribution is 8.14. The maximum Gasteiger partial charge on any atom is 0.157 e. The highest BCUT2D eigenvalue weighted by Crippen LogP contribution is 2.18. The molecule has 4 heteroatoms. The van der Waals surface area contributed by atoms with E-state index in [1.54, 1.807) is 11.8 Å². The average Bonchev–Trinajstić information content (AvgIpc) is 2.66. The first-order valence-corrected chi connectivity index (χ1v) is 6.03. The largest absolute Gasteiger partial charge is 0.335 e. The van der Waals surface area contributed by atoms with Gasteiger partial charge in [-0.2, -0.15) is 0 Å². The normalized spacial score (nSPS) is 18.2. The zero-order valence-corrected chi connectivity index (χ0v) is 9.33. The standard InChI is InChI=1S/C11H15N3S/c12-10(14-6-7-15-11(14)13)8-9-4-2-1-3-5-9/h1-5,10,13H,6-8,12H2. The maximum atomic E-state index is 7.71. The van der Waals surface area contributed by atoms with Crippen molar-refractivity contribution < 1.29 is 0 Å². The van der Waals surface area contributed by atoms with Crippen LogP contribution in [0.3, 0.4) is 0 Å². The number of hydrogen-bond donors (Lipinski definition) is 2. The third-order valence-electron chi connectivity index (χ3n) is 2.52. The van der Waals surface area contributed by atoms with Crippen molar-refractivity contribution in [2.45, 2.75) is 12.6 Å². The monoisotopic (exact) mass is 221 g/mol. The number of benzene rings is 1. The molecule has 1 fully saturated rings. The third kappa shape index (κ3) is 2.52. The lowest BCUT2D eigenvalue weighted by molar-refractivity contribution is 0.342. The Balaban J connectivity index is 1.97. The van der Waals surface area contributed by atoms with Crippen molar-refractivity contribution in [2.75, 3.05) is 12.3 Å². The van der Waals surface area contributed by atoms with Crippen LogP contribution in [0.5, 0.6) is 0 Å². The topological polar surface area (TPSA) is 53.1 Å². The summed E-state index contributed by atoms with van der Waals surface area (Å²) in [6.07, 6.45) is 0.749. The number of amidine groups is 1. The van der Waals surface area contributed by atoms with Gasteiger partial charge in [-0.1, -0.05) is 42.1 Å². The maximum absolute atomic E-state index is 7.71. The van der Waals surface area contributed by atoms with E-state index in [0.29, 0.717) is 5.17 Å². The van der Waals surface area contributed by atoms with Gasteiger partial charge in [0.2, 0.25) is 0 Å². The summed E-state index contributed by atoms with van der Waals surface area (Å²) >= 11 is 1.57. The van der Waals surface area contributed by atoms with Crippen molar-refractivity contribution in [2.24, 2.45) is 5.73 Å². The minimum Gasteiger partial charge on any atom is -0.335 e. The number of nitrogens with zero attached hydrogens (tertiary/aromatic N) is 1. The number of thioether (sulfide) groups is 1. The van der Waals surface area contributed by atoms with Crippen molar-refractivity contribution in [3.05, 3.63) is 35.9 Å². The van der Waals surface area contributed by atoms with Crippen LogP contribution in [0, 0.1) is 5.41 Å². The van der Waals surface area contributed by atoms with Crippen LogP contribution in [-0.2, 0) is 6.42 Å². The molecule has 3 nitrogen and oxygen atoms in total. The van der Waals surface area contributed by atoms with Crippen molar-refractivity contribution >= 4 is 16.9 Å². The molecule has 15 heavy (non-hydrogen) atoms. The van der Waals surface area contributed by atoms with Gasteiger partial charge in [0.1, 0.15) is 0 Å². The van der Waals surface area contributed by atoms with E-state index >= 15 is 0 Å². The first-order valence-electron chi connectivity index (χ1n) is 5.05. The lowest BCUT2D eigenvalue weighted by Gasteiger charge is -2.24. The highest BCUT2D eigenvalue weighted by atomic mass is 32.2. The molecular formula is C11H15N3S.